The van der Waals surface area contributed by atoms with E-state index in [1.165, 1.54) is 7.11 Å². The number of aliphatic hydroxyl groups is 1. The zero-order valence-electron chi connectivity index (χ0n) is 22.6. The molecular formula is C28H43ClN2O6. The molecule has 0 radical (unpaired) electrons. The Labute approximate surface area is 227 Å². The third kappa shape index (κ3) is 10.4. The van der Waals surface area contributed by atoms with Crippen LogP contribution in [0.25, 0.3) is 0 Å². The van der Waals surface area contributed by atoms with Crippen LogP contribution in [0.5, 0.6) is 17.2 Å². The first kappa shape index (κ1) is 32.5. The molecule has 9 heteroatoms. The Morgan fingerprint density at radius 3 is 2.35 bits per heavy atom. The normalized spacial score (nSPS) is 13.3. The van der Waals surface area contributed by atoms with E-state index in [0.717, 1.165) is 18.4 Å². The van der Waals surface area contributed by atoms with Crippen LogP contribution >= 0.6 is 12.4 Å². The SMILES string of the molecule is COCCCOc1cc(CC(CC(N)C(O)CNC(=O)c2ccccc2OC)C(C)C)ccc1OC.Cl. The fourth-order valence-electron chi connectivity index (χ4n) is 4.02. The molecule has 0 fully saturated rings. The molecule has 3 atom stereocenters. The van der Waals surface area contributed by atoms with Gasteiger partial charge in [0.2, 0.25) is 0 Å². The van der Waals surface area contributed by atoms with Crippen molar-refractivity contribution in [2.24, 2.45) is 17.6 Å². The summed E-state index contributed by atoms with van der Waals surface area (Å²) in [5.41, 5.74) is 7.91. The zero-order valence-corrected chi connectivity index (χ0v) is 23.4. The highest BCUT2D eigenvalue weighted by molar-refractivity contribution is 5.96. The Hall–Kier alpha value is -2.52. The number of methoxy groups -OCH3 is 3. The van der Waals surface area contributed by atoms with Gasteiger partial charge >= 0.3 is 0 Å². The van der Waals surface area contributed by atoms with Gasteiger partial charge in [0.25, 0.3) is 5.91 Å². The first-order valence-corrected chi connectivity index (χ1v) is 12.4. The van der Waals surface area contributed by atoms with Gasteiger partial charge in [-0.3, -0.25) is 4.79 Å². The van der Waals surface area contributed by atoms with Gasteiger partial charge in [-0.25, -0.2) is 0 Å². The van der Waals surface area contributed by atoms with Crippen molar-refractivity contribution < 1.29 is 28.8 Å². The lowest BCUT2D eigenvalue weighted by atomic mass is 9.83. The van der Waals surface area contributed by atoms with Gasteiger partial charge in [0.15, 0.2) is 11.5 Å². The van der Waals surface area contributed by atoms with E-state index in [-0.39, 0.29) is 30.8 Å². The molecule has 0 aliphatic heterocycles. The summed E-state index contributed by atoms with van der Waals surface area (Å²) in [6, 6.07) is 12.4. The molecule has 4 N–H and O–H groups in total. The number of amides is 1. The Balaban J connectivity index is 0.00000684. The van der Waals surface area contributed by atoms with Crippen molar-refractivity contribution in [3.63, 3.8) is 0 Å². The maximum atomic E-state index is 12.5. The number of aliphatic hydroxyl groups excluding tert-OH is 1. The van der Waals surface area contributed by atoms with Crippen LogP contribution in [0.3, 0.4) is 0 Å². The van der Waals surface area contributed by atoms with E-state index in [9.17, 15) is 9.90 Å². The first-order valence-electron chi connectivity index (χ1n) is 12.4. The standard InChI is InChI=1S/C28H42N2O6.ClH/c1-19(2)21(15-20-11-12-26(35-5)27(16-20)36-14-8-13-33-3)17-23(29)24(31)18-30-28(32)22-9-6-7-10-25(22)34-4;/h6-7,9-12,16,19,21,23-24,31H,8,13-15,17-18,29H2,1-5H3,(H,30,32);1H. The molecule has 0 spiro atoms. The average Bonchev–Trinajstić information content (AvgIpc) is 2.89. The van der Waals surface area contributed by atoms with Crippen molar-refractivity contribution in [2.45, 2.75) is 45.3 Å². The van der Waals surface area contributed by atoms with Gasteiger partial charge in [-0.05, 0) is 54.5 Å². The van der Waals surface area contributed by atoms with Crippen LogP contribution in [0.15, 0.2) is 42.5 Å². The lowest BCUT2D eigenvalue weighted by Gasteiger charge is -2.27. The molecule has 1 amide bonds. The van der Waals surface area contributed by atoms with Gasteiger partial charge in [-0.1, -0.05) is 32.0 Å². The second kappa shape index (κ2) is 17.1. The van der Waals surface area contributed by atoms with Crippen molar-refractivity contribution in [3.8, 4) is 17.2 Å². The zero-order chi connectivity index (χ0) is 26.5. The maximum absolute atomic E-state index is 12.5. The first-order chi connectivity index (χ1) is 17.3. The molecule has 0 heterocycles. The van der Waals surface area contributed by atoms with Crippen molar-refractivity contribution in [1.29, 1.82) is 0 Å². The smallest absolute Gasteiger partial charge is 0.255 e. The number of halogens is 1. The summed E-state index contributed by atoms with van der Waals surface area (Å²) in [5.74, 6) is 2.15. The van der Waals surface area contributed by atoms with Crippen molar-refractivity contribution in [1.82, 2.24) is 5.32 Å². The lowest BCUT2D eigenvalue weighted by molar-refractivity contribution is 0.0875. The molecule has 0 aromatic heterocycles. The molecule has 0 saturated carbocycles. The van der Waals surface area contributed by atoms with E-state index in [1.54, 1.807) is 38.5 Å². The fraction of sp³-hybridized carbons (Fsp3) is 0.536. The summed E-state index contributed by atoms with van der Waals surface area (Å²) in [5, 5.41) is 13.4. The minimum atomic E-state index is -0.875. The Bertz CT molecular complexity index is 943. The highest BCUT2D eigenvalue weighted by Crippen LogP contribution is 2.31. The van der Waals surface area contributed by atoms with Crippen LogP contribution in [0.4, 0.5) is 0 Å². The highest BCUT2D eigenvalue weighted by Gasteiger charge is 2.24. The second-order valence-corrected chi connectivity index (χ2v) is 9.27. The minimum absolute atomic E-state index is 0. The van der Waals surface area contributed by atoms with Gasteiger partial charge < -0.3 is 35.1 Å². The molecular weight excluding hydrogens is 496 g/mol. The summed E-state index contributed by atoms with van der Waals surface area (Å²) < 4.78 is 21.7. The van der Waals surface area contributed by atoms with Gasteiger partial charge in [-0.15, -0.1) is 12.4 Å². The predicted octanol–water partition coefficient (Wildman–Crippen LogP) is 3.86. The second-order valence-electron chi connectivity index (χ2n) is 9.27. The molecule has 37 heavy (non-hydrogen) atoms. The number of rotatable bonds is 16. The van der Waals surface area contributed by atoms with Gasteiger partial charge in [0, 0.05) is 32.7 Å². The number of nitrogens with two attached hydrogens (primary N) is 1. The topological polar surface area (TPSA) is 112 Å². The van der Waals surface area contributed by atoms with E-state index < -0.39 is 12.1 Å². The van der Waals surface area contributed by atoms with Crippen LogP contribution in [-0.2, 0) is 11.2 Å². The van der Waals surface area contributed by atoms with E-state index in [4.69, 9.17) is 24.7 Å². The number of hydrogen-bond donors (Lipinski definition) is 3. The number of benzene rings is 2. The predicted molar refractivity (Wildman–Crippen MR) is 148 cm³/mol. The van der Waals surface area contributed by atoms with Crippen LogP contribution in [-0.4, -0.2) is 64.2 Å². The van der Waals surface area contributed by atoms with Gasteiger partial charge in [0.05, 0.1) is 32.5 Å². The summed E-state index contributed by atoms with van der Waals surface area (Å²) in [4.78, 5) is 12.5. The Morgan fingerprint density at radius 1 is 1.00 bits per heavy atom. The minimum Gasteiger partial charge on any atom is -0.496 e. The van der Waals surface area contributed by atoms with Crippen molar-refractivity contribution in [3.05, 3.63) is 53.6 Å². The van der Waals surface area contributed by atoms with Crippen molar-refractivity contribution >= 4 is 18.3 Å². The summed E-state index contributed by atoms with van der Waals surface area (Å²) >= 11 is 0. The van der Waals surface area contributed by atoms with Crippen LogP contribution in [0.1, 0.15) is 42.6 Å². The fourth-order valence-corrected chi connectivity index (χ4v) is 4.02. The van der Waals surface area contributed by atoms with Crippen LogP contribution < -0.4 is 25.3 Å². The summed E-state index contributed by atoms with van der Waals surface area (Å²) in [7, 11) is 4.81. The lowest BCUT2D eigenvalue weighted by Crippen LogP contribution is -2.45. The summed E-state index contributed by atoms with van der Waals surface area (Å²) in [6.45, 7) is 5.54. The van der Waals surface area contributed by atoms with Crippen LogP contribution in [0.2, 0.25) is 0 Å². The largest absolute Gasteiger partial charge is 0.496 e. The van der Waals surface area contributed by atoms with E-state index in [2.05, 4.69) is 19.2 Å². The van der Waals surface area contributed by atoms with Crippen LogP contribution in [0, 0.1) is 11.8 Å². The number of carbonyl (C=O) groups excluding carboxylic acids is 1. The summed E-state index contributed by atoms with van der Waals surface area (Å²) in [6.07, 6.45) is 1.31. The number of para-hydroxylation sites is 1. The Morgan fingerprint density at radius 2 is 1.70 bits per heavy atom. The number of carbonyl (C=O) groups is 1. The third-order valence-electron chi connectivity index (χ3n) is 6.31. The molecule has 3 unspecified atom stereocenters. The van der Waals surface area contributed by atoms with E-state index in [1.807, 2.05) is 18.2 Å². The van der Waals surface area contributed by atoms with Crippen molar-refractivity contribution in [2.75, 3.05) is 41.1 Å². The Kier molecular flexibility index (Phi) is 15.0. The molecule has 0 saturated heterocycles. The molecule has 2 rings (SSSR count). The molecule has 208 valence electrons. The maximum Gasteiger partial charge on any atom is 0.255 e. The molecule has 0 aliphatic carbocycles. The van der Waals surface area contributed by atoms with Gasteiger partial charge in [0.1, 0.15) is 5.75 Å². The van der Waals surface area contributed by atoms with E-state index in [0.29, 0.717) is 48.4 Å². The third-order valence-corrected chi connectivity index (χ3v) is 6.31. The monoisotopic (exact) mass is 538 g/mol. The molecule has 0 bridgehead atoms. The molecule has 0 aliphatic rings. The van der Waals surface area contributed by atoms with Gasteiger partial charge in [-0.2, -0.15) is 0 Å². The number of ether oxygens (including phenoxy) is 4. The molecule has 8 nitrogen and oxygen atoms in total. The van der Waals surface area contributed by atoms with E-state index >= 15 is 0 Å². The average molecular weight is 539 g/mol. The highest BCUT2D eigenvalue weighted by atomic mass is 35.5. The number of nitrogens with one attached hydrogen (secondary N) is 1. The number of hydrogen-bond acceptors (Lipinski definition) is 7. The molecule has 2 aromatic rings. The molecule has 2 aromatic carbocycles. The quantitative estimate of drug-likeness (QED) is 0.278.